The summed E-state index contributed by atoms with van der Waals surface area (Å²) in [6.07, 6.45) is 9.71. The predicted octanol–water partition coefficient (Wildman–Crippen LogP) is 5.63. The minimum atomic E-state index is -3.76. The van der Waals surface area contributed by atoms with Crippen LogP contribution in [-0.2, 0) is 31.6 Å². The van der Waals surface area contributed by atoms with Gasteiger partial charge in [-0.25, -0.2) is 8.42 Å². The molecule has 2 aromatic carbocycles. The number of hydrogen-bond acceptors (Lipinski definition) is 4. The summed E-state index contributed by atoms with van der Waals surface area (Å²) >= 11 is 3.43. The Bertz CT molecular complexity index is 1330. The smallest absolute Gasteiger partial charge is 0.244 e. The molecule has 6 rings (SSSR count). The lowest BCUT2D eigenvalue weighted by Gasteiger charge is -2.57. The second-order valence-corrected chi connectivity index (χ2v) is 15.5. The number of rotatable bonds is 11. The van der Waals surface area contributed by atoms with Gasteiger partial charge in [0, 0.05) is 17.6 Å². The second-order valence-electron chi connectivity index (χ2n) is 12.6. The molecule has 4 aliphatic carbocycles. The molecule has 0 aliphatic heterocycles. The first-order valence-electron chi connectivity index (χ1n) is 14.9. The van der Waals surface area contributed by atoms with Crippen molar-refractivity contribution in [2.45, 2.75) is 76.8 Å². The standard InChI is InChI=1S/C32H42BrN3O4S/c1-4-13-34-31(38)22(2)35(20-23-5-9-28(33)10-6-23)30(37)21-36(41(3,39)40)29-11-7-27(8-12-29)32-17-24-14-25(18-32)16-26(15-24)19-32/h5-12,22,24-26H,4,13-21H2,1-3H3,(H,34,38)/t22-,24?,25?,26?,32?/m0/s1. The highest BCUT2D eigenvalue weighted by Gasteiger charge is 2.51. The zero-order chi connectivity index (χ0) is 29.4. The van der Waals surface area contributed by atoms with Crippen LogP contribution in [0.1, 0.15) is 69.9 Å². The number of halogens is 1. The van der Waals surface area contributed by atoms with Crippen LogP contribution in [0.2, 0.25) is 0 Å². The monoisotopic (exact) mass is 643 g/mol. The highest BCUT2D eigenvalue weighted by atomic mass is 79.9. The minimum Gasteiger partial charge on any atom is -0.354 e. The van der Waals surface area contributed by atoms with Crippen LogP contribution >= 0.6 is 15.9 Å². The van der Waals surface area contributed by atoms with E-state index >= 15 is 0 Å². The summed E-state index contributed by atoms with van der Waals surface area (Å²) in [6, 6.07) is 14.7. The molecule has 0 radical (unpaired) electrons. The summed E-state index contributed by atoms with van der Waals surface area (Å²) in [4.78, 5) is 28.2. The molecule has 222 valence electrons. The first-order chi connectivity index (χ1) is 19.5. The van der Waals surface area contributed by atoms with Gasteiger partial charge in [-0.3, -0.25) is 13.9 Å². The summed E-state index contributed by atoms with van der Waals surface area (Å²) in [7, 11) is -3.76. The van der Waals surface area contributed by atoms with Gasteiger partial charge in [0.2, 0.25) is 21.8 Å². The van der Waals surface area contributed by atoms with Crippen molar-refractivity contribution in [2.75, 3.05) is 23.7 Å². The van der Waals surface area contributed by atoms with Crippen LogP contribution in [-0.4, -0.2) is 50.5 Å². The third-order valence-electron chi connectivity index (χ3n) is 9.47. The molecule has 4 saturated carbocycles. The SMILES string of the molecule is CCCNC(=O)[C@H](C)N(Cc1ccc(Br)cc1)C(=O)CN(c1ccc(C23CC4CC(CC(C4)C2)C3)cc1)S(C)(=O)=O. The minimum absolute atomic E-state index is 0.190. The fourth-order valence-electron chi connectivity index (χ4n) is 7.82. The van der Waals surface area contributed by atoms with Crippen molar-refractivity contribution in [3.05, 3.63) is 64.1 Å². The van der Waals surface area contributed by atoms with Gasteiger partial charge in [0.15, 0.2) is 0 Å². The Morgan fingerprint density at radius 3 is 2.05 bits per heavy atom. The fourth-order valence-corrected chi connectivity index (χ4v) is 8.94. The maximum atomic E-state index is 13.8. The van der Waals surface area contributed by atoms with Gasteiger partial charge in [-0.2, -0.15) is 0 Å². The Balaban J connectivity index is 1.37. The number of carbonyl (C=O) groups is 2. The highest BCUT2D eigenvalue weighted by Crippen LogP contribution is 2.60. The number of nitrogens with one attached hydrogen (secondary N) is 1. The third kappa shape index (κ3) is 6.66. The first-order valence-corrected chi connectivity index (χ1v) is 17.5. The maximum absolute atomic E-state index is 13.8. The van der Waals surface area contributed by atoms with Crippen molar-refractivity contribution < 1.29 is 18.0 Å². The van der Waals surface area contributed by atoms with Gasteiger partial charge in [0.1, 0.15) is 12.6 Å². The van der Waals surface area contributed by atoms with E-state index < -0.39 is 22.0 Å². The molecular formula is C32H42BrN3O4S. The van der Waals surface area contributed by atoms with Gasteiger partial charge >= 0.3 is 0 Å². The zero-order valence-corrected chi connectivity index (χ0v) is 26.7. The average molecular weight is 645 g/mol. The number of hydrogen-bond donors (Lipinski definition) is 1. The quantitative estimate of drug-likeness (QED) is 0.344. The van der Waals surface area contributed by atoms with Gasteiger partial charge in [-0.1, -0.05) is 47.1 Å². The molecule has 2 aromatic rings. The van der Waals surface area contributed by atoms with E-state index in [9.17, 15) is 18.0 Å². The fraction of sp³-hybridized carbons (Fsp3) is 0.562. The van der Waals surface area contributed by atoms with Gasteiger partial charge in [-0.05, 0) is 110 Å². The molecule has 0 aromatic heterocycles. The van der Waals surface area contributed by atoms with E-state index in [0.29, 0.717) is 12.2 Å². The van der Waals surface area contributed by atoms with Crippen molar-refractivity contribution in [3.63, 3.8) is 0 Å². The van der Waals surface area contributed by atoms with E-state index in [2.05, 4.69) is 33.4 Å². The van der Waals surface area contributed by atoms with Crippen molar-refractivity contribution in [3.8, 4) is 0 Å². The molecule has 4 bridgehead atoms. The normalized spacial score (nSPS) is 25.5. The molecule has 0 unspecified atom stereocenters. The van der Waals surface area contributed by atoms with E-state index in [1.54, 1.807) is 6.92 Å². The molecule has 4 aliphatic rings. The van der Waals surface area contributed by atoms with Crippen LogP contribution in [0.25, 0.3) is 0 Å². The molecule has 2 amide bonds. The Kier molecular flexibility index (Phi) is 8.86. The third-order valence-corrected chi connectivity index (χ3v) is 11.1. The molecule has 1 N–H and O–H groups in total. The summed E-state index contributed by atoms with van der Waals surface area (Å²) in [5.74, 6) is 1.77. The molecule has 1 atom stereocenters. The molecule has 41 heavy (non-hydrogen) atoms. The lowest BCUT2D eigenvalue weighted by Crippen LogP contribution is -2.51. The van der Waals surface area contributed by atoms with Crippen LogP contribution in [0.4, 0.5) is 5.69 Å². The van der Waals surface area contributed by atoms with E-state index in [4.69, 9.17) is 0 Å². The molecule has 0 spiro atoms. The Hall–Kier alpha value is -2.39. The van der Waals surface area contributed by atoms with E-state index in [1.165, 1.54) is 53.3 Å². The molecular weight excluding hydrogens is 602 g/mol. The molecule has 0 heterocycles. The predicted molar refractivity (Wildman–Crippen MR) is 166 cm³/mol. The van der Waals surface area contributed by atoms with Crippen LogP contribution in [0.5, 0.6) is 0 Å². The molecule has 9 heteroatoms. The Labute approximate surface area is 253 Å². The first kappa shape index (κ1) is 30.1. The number of benzene rings is 2. The number of carbonyl (C=O) groups excluding carboxylic acids is 2. The average Bonchev–Trinajstić information content (AvgIpc) is 2.92. The second kappa shape index (κ2) is 12.1. The van der Waals surface area contributed by atoms with Crippen LogP contribution in [0.3, 0.4) is 0 Å². The lowest BCUT2D eigenvalue weighted by molar-refractivity contribution is -0.139. The van der Waals surface area contributed by atoms with Crippen molar-refractivity contribution >= 4 is 43.5 Å². The van der Waals surface area contributed by atoms with E-state index in [-0.39, 0.29) is 24.4 Å². The summed E-state index contributed by atoms with van der Waals surface area (Å²) in [5, 5.41) is 2.87. The Morgan fingerprint density at radius 2 is 1.54 bits per heavy atom. The molecule has 7 nitrogen and oxygen atoms in total. The number of anilines is 1. The molecule has 4 fully saturated rings. The number of nitrogens with zero attached hydrogens (tertiary/aromatic N) is 2. The largest absolute Gasteiger partial charge is 0.354 e. The van der Waals surface area contributed by atoms with Crippen molar-refractivity contribution in [1.82, 2.24) is 10.2 Å². The van der Waals surface area contributed by atoms with E-state index in [1.807, 2.05) is 43.3 Å². The van der Waals surface area contributed by atoms with Gasteiger partial charge < -0.3 is 10.2 Å². The van der Waals surface area contributed by atoms with Crippen molar-refractivity contribution in [2.24, 2.45) is 17.8 Å². The van der Waals surface area contributed by atoms with E-state index in [0.717, 1.165) is 40.5 Å². The van der Waals surface area contributed by atoms with Crippen LogP contribution < -0.4 is 9.62 Å². The lowest BCUT2D eigenvalue weighted by atomic mass is 9.48. The van der Waals surface area contributed by atoms with Crippen molar-refractivity contribution in [1.29, 1.82) is 0 Å². The maximum Gasteiger partial charge on any atom is 0.244 e. The van der Waals surface area contributed by atoms with Crippen LogP contribution in [0.15, 0.2) is 53.0 Å². The Morgan fingerprint density at radius 1 is 0.976 bits per heavy atom. The van der Waals surface area contributed by atoms with Crippen LogP contribution in [0, 0.1) is 17.8 Å². The molecule has 0 saturated heterocycles. The van der Waals surface area contributed by atoms with Gasteiger partial charge in [0.05, 0.1) is 11.9 Å². The van der Waals surface area contributed by atoms with Gasteiger partial charge in [0.25, 0.3) is 0 Å². The zero-order valence-electron chi connectivity index (χ0n) is 24.3. The number of sulfonamides is 1. The highest BCUT2D eigenvalue weighted by molar-refractivity contribution is 9.10. The summed E-state index contributed by atoms with van der Waals surface area (Å²) < 4.78 is 28.1. The topological polar surface area (TPSA) is 86.8 Å². The summed E-state index contributed by atoms with van der Waals surface area (Å²) in [6.45, 7) is 3.98. The van der Waals surface area contributed by atoms with Gasteiger partial charge in [-0.15, -0.1) is 0 Å². The summed E-state index contributed by atoms with van der Waals surface area (Å²) in [5.41, 5.74) is 2.84. The number of amides is 2.